The summed E-state index contributed by atoms with van der Waals surface area (Å²) in [5, 5.41) is 0. The van der Waals surface area contributed by atoms with Crippen LogP contribution in [0.3, 0.4) is 0 Å². The molecule has 0 saturated carbocycles. The molecule has 1 aromatic carbocycles. The third kappa shape index (κ3) is 3.75. The number of carbonyl (C=O) groups excluding carboxylic acids is 3. The maximum atomic E-state index is 13.0. The smallest absolute Gasteiger partial charge is 0.246 e. The predicted molar refractivity (Wildman–Crippen MR) is 104 cm³/mol. The lowest BCUT2D eigenvalue weighted by atomic mass is 10.0. The Kier molecular flexibility index (Phi) is 5.35. The molecule has 2 saturated heterocycles. The molecule has 6 nitrogen and oxygen atoms in total. The number of piperazine rings is 1. The molecule has 2 atom stereocenters. The van der Waals surface area contributed by atoms with E-state index in [4.69, 9.17) is 0 Å². The number of hydrogen-bond donors (Lipinski definition) is 0. The number of amides is 3. The second kappa shape index (κ2) is 7.55. The molecule has 6 heteroatoms. The summed E-state index contributed by atoms with van der Waals surface area (Å²) in [7, 11) is 0. The van der Waals surface area contributed by atoms with Crippen molar-refractivity contribution in [1.29, 1.82) is 0 Å². The Hall–Kier alpha value is -2.63. The van der Waals surface area contributed by atoms with E-state index < -0.39 is 5.92 Å². The molecule has 0 radical (unpaired) electrons. The maximum Gasteiger partial charge on any atom is 0.246 e. The second-order valence-electron chi connectivity index (χ2n) is 7.55. The van der Waals surface area contributed by atoms with E-state index in [0.29, 0.717) is 32.6 Å². The Morgan fingerprint density at radius 3 is 2.37 bits per heavy atom. The normalized spacial score (nSPS) is 22.9. The van der Waals surface area contributed by atoms with Crippen LogP contribution < -0.4 is 4.90 Å². The Morgan fingerprint density at radius 2 is 1.78 bits per heavy atom. The first kappa shape index (κ1) is 19.1. The molecule has 0 bridgehead atoms. The molecule has 2 aliphatic heterocycles. The van der Waals surface area contributed by atoms with Gasteiger partial charge in [0.15, 0.2) is 0 Å². The Labute approximate surface area is 160 Å². The summed E-state index contributed by atoms with van der Waals surface area (Å²) in [5.74, 6) is -0.992. The van der Waals surface area contributed by atoms with Crippen molar-refractivity contribution in [1.82, 2.24) is 9.80 Å². The topological polar surface area (TPSA) is 60.9 Å². The molecule has 2 heterocycles. The van der Waals surface area contributed by atoms with E-state index in [9.17, 15) is 14.4 Å². The summed E-state index contributed by atoms with van der Waals surface area (Å²) in [6.07, 6.45) is 1.83. The summed E-state index contributed by atoms with van der Waals surface area (Å²) >= 11 is 0. The molecule has 3 rings (SSSR count). The maximum absolute atomic E-state index is 13.0. The van der Waals surface area contributed by atoms with Gasteiger partial charge in [-0.25, -0.2) is 0 Å². The van der Waals surface area contributed by atoms with Crippen LogP contribution in [0.1, 0.15) is 24.5 Å². The lowest BCUT2D eigenvalue weighted by Gasteiger charge is -2.40. The Morgan fingerprint density at radius 1 is 1.11 bits per heavy atom. The predicted octanol–water partition coefficient (Wildman–Crippen LogP) is 1.90. The van der Waals surface area contributed by atoms with Crippen molar-refractivity contribution in [2.24, 2.45) is 5.92 Å². The van der Waals surface area contributed by atoms with Crippen LogP contribution >= 0.6 is 0 Å². The molecule has 144 valence electrons. The zero-order chi connectivity index (χ0) is 19.7. The molecule has 0 aliphatic carbocycles. The van der Waals surface area contributed by atoms with Gasteiger partial charge < -0.3 is 14.7 Å². The van der Waals surface area contributed by atoms with Crippen LogP contribution in [0.4, 0.5) is 5.69 Å². The number of benzene rings is 1. The summed E-state index contributed by atoms with van der Waals surface area (Å²) in [4.78, 5) is 42.9. The van der Waals surface area contributed by atoms with Gasteiger partial charge in [0.2, 0.25) is 17.7 Å². The zero-order valence-corrected chi connectivity index (χ0v) is 16.3. The summed E-state index contributed by atoms with van der Waals surface area (Å²) < 4.78 is 0. The monoisotopic (exact) mass is 369 g/mol. The molecule has 0 N–H and O–H groups in total. The van der Waals surface area contributed by atoms with Crippen LogP contribution in [-0.2, 0) is 14.4 Å². The van der Waals surface area contributed by atoms with E-state index in [1.54, 1.807) is 14.7 Å². The van der Waals surface area contributed by atoms with Crippen molar-refractivity contribution in [3.63, 3.8) is 0 Å². The van der Waals surface area contributed by atoms with Crippen LogP contribution in [-0.4, -0.2) is 59.7 Å². The van der Waals surface area contributed by atoms with Crippen LogP contribution in [0.15, 0.2) is 30.9 Å². The number of anilines is 1. The van der Waals surface area contributed by atoms with E-state index in [0.717, 1.165) is 16.8 Å². The minimum Gasteiger partial charge on any atom is -0.336 e. The highest BCUT2D eigenvalue weighted by Crippen LogP contribution is 2.29. The van der Waals surface area contributed by atoms with Gasteiger partial charge in [-0.2, -0.15) is 0 Å². The highest BCUT2D eigenvalue weighted by molar-refractivity contribution is 6.09. The van der Waals surface area contributed by atoms with Gasteiger partial charge >= 0.3 is 0 Å². The molecular formula is C21H27N3O3. The number of nitrogens with zero attached hydrogens (tertiary/aromatic N) is 3. The van der Waals surface area contributed by atoms with Crippen LogP contribution in [0.25, 0.3) is 0 Å². The molecule has 2 fully saturated rings. The quantitative estimate of drug-likeness (QED) is 0.604. The van der Waals surface area contributed by atoms with Crippen LogP contribution in [0.5, 0.6) is 0 Å². The fourth-order valence-electron chi connectivity index (χ4n) is 4.09. The summed E-state index contributed by atoms with van der Waals surface area (Å²) in [5.41, 5.74) is 3.07. The van der Waals surface area contributed by atoms with E-state index in [-0.39, 0.29) is 23.8 Å². The molecular weight excluding hydrogens is 342 g/mol. The van der Waals surface area contributed by atoms with Gasteiger partial charge in [-0.15, -0.1) is 0 Å². The van der Waals surface area contributed by atoms with Gasteiger partial charge in [0.1, 0.15) is 5.92 Å². The van der Waals surface area contributed by atoms with Gasteiger partial charge in [0, 0.05) is 37.9 Å². The summed E-state index contributed by atoms with van der Waals surface area (Å²) in [6.45, 7) is 11.4. The van der Waals surface area contributed by atoms with Crippen molar-refractivity contribution in [3.8, 4) is 0 Å². The number of carbonyl (C=O) groups is 3. The second-order valence-corrected chi connectivity index (χ2v) is 7.55. The Bertz CT molecular complexity index is 769. The summed E-state index contributed by atoms with van der Waals surface area (Å²) in [6, 6.07) is 5.93. The van der Waals surface area contributed by atoms with E-state index in [1.807, 2.05) is 32.9 Å². The molecule has 0 aromatic heterocycles. The largest absolute Gasteiger partial charge is 0.336 e. The standard InChI is InChI=1S/C21H27N3O3/c1-5-19(25)22-8-9-23(16(4)13-22)20(26)18-6-7-24(21(18)27)17-11-14(2)10-15(3)12-17/h5,10-12,16,18H,1,6-9,13H2,2-4H3/t16-,18?/m0/s1. The first-order valence-corrected chi connectivity index (χ1v) is 9.43. The third-order valence-corrected chi connectivity index (χ3v) is 5.42. The minimum atomic E-state index is -0.630. The first-order chi connectivity index (χ1) is 12.8. The van der Waals surface area contributed by atoms with E-state index in [2.05, 4.69) is 12.6 Å². The fourth-order valence-corrected chi connectivity index (χ4v) is 4.09. The molecule has 3 amide bonds. The highest BCUT2D eigenvalue weighted by Gasteiger charge is 2.42. The molecule has 27 heavy (non-hydrogen) atoms. The number of rotatable bonds is 3. The molecule has 2 aliphatic rings. The van der Waals surface area contributed by atoms with Crippen molar-refractivity contribution in [2.75, 3.05) is 31.1 Å². The van der Waals surface area contributed by atoms with E-state index in [1.165, 1.54) is 6.08 Å². The molecule has 0 spiro atoms. The lowest BCUT2D eigenvalue weighted by molar-refractivity contribution is -0.146. The molecule has 1 unspecified atom stereocenters. The van der Waals surface area contributed by atoms with Gasteiger partial charge in [-0.1, -0.05) is 12.6 Å². The molecule has 1 aromatic rings. The average Bonchev–Trinajstić information content (AvgIpc) is 3.01. The number of aryl methyl sites for hydroxylation is 2. The third-order valence-electron chi connectivity index (χ3n) is 5.42. The SMILES string of the molecule is C=CC(=O)N1CCN(C(=O)C2CCN(c3cc(C)cc(C)c3)C2=O)[C@@H](C)C1. The number of hydrogen-bond acceptors (Lipinski definition) is 3. The van der Waals surface area contributed by atoms with E-state index >= 15 is 0 Å². The van der Waals surface area contributed by atoms with Crippen molar-refractivity contribution >= 4 is 23.4 Å². The van der Waals surface area contributed by atoms with Gasteiger partial charge in [-0.3, -0.25) is 14.4 Å². The van der Waals surface area contributed by atoms with Crippen LogP contribution in [0.2, 0.25) is 0 Å². The van der Waals surface area contributed by atoms with Crippen molar-refractivity contribution < 1.29 is 14.4 Å². The average molecular weight is 369 g/mol. The van der Waals surface area contributed by atoms with Gasteiger partial charge in [-0.05, 0) is 56.5 Å². The lowest BCUT2D eigenvalue weighted by Crippen LogP contribution is -2.57. The van der Waals surface area contributed by atoms with Crippen molar-refractivity contribution in [2.45, 2.75) is 33.2 Å². The minimum absolute atomic E-state index is 0.113. The van der Waals surface area contributed by atoms with Gasteiger partial charge in [0.05, 0.1) is 0 Å². The zero-order valence-electron chi connectivity index (χ0n) is 16.3. The highest BCUT2D eigenvalue weighted by atomic mass is 16.2. The first-order valence-electron chi connectivity index (χ1n) is 9.43. The fraction of sp³-hybridized carbons (Fsp3) is 0.476. The van der Waals surface area contributed by atoms with Gasteiger partial charge in [0.25, 0.3) is 0 Å². The van der Waals surface area contributed by atoms with Crippen LogP contribution in [0, 0.1) is 19.8 Å². The Balaban J connectivity index is 1.70. The van der Waals surface area contributed by atoms with Crippen molar-refractivity contribution in [3.05, 3.63) is 42.0 Å².